The number of unbranched alkanes of at least 4 members (excludes halogenated alkanes) is 2. The second-order valence-electron chi connectivity index (χ2n) is 6.72. The van der Waals surface area contributed by atoms with Crippen molar-refractivity contribution >= 4 is 16.0 Å². The summed E-state index contributed by atoms with van der Waals surface area (Å²) in [6.45, 7) is 13.6. The molecule has 0 bridgehead atoms. The van der Waals surface area contributed by atoms with Crippen molar-refractivity contribution < 1.29 is 22.2 Å². The molecule has 0 aliphatic heterocycles. The van der Waals surface area contributed by atoms with Crippen molar-refractivity contribution in [3.8, 4) is 0 Å². The highest BCUT2D eigenvalue weighted by Gasteiger charge is 2.33. The maximum Gasteiger partial charge on any atom is 0.250 e. The molecule has 0 fully saturated rings. The highest BCUT2D eigenvalue weighted by Crippen LogP contribution is 2.20. The van der Waals surface area contributed by atoms with Crippen LogP contribution in [-0.2, 0) is 14.9 Å². The molecule has 24 heavy (non-hydrogen) atoms. The molecule has 1 atom stereocenters. The molecule has 0 saturated heterocycles. The van der Waals surface area contributed by atoms with Gasteiger partial charge in [0.1, 0.15) is 0 Å². The number of hydrogen-bond acceptors (Lipinski definition) is 4. The summed E-state index contributed by atoms with van der Waals surface area (Å²) < 4.78 is 33.6. The van der Waals surface area contributed by atoms with Crippen LogP contribution in [0.2, 0.25) is 0 Å². The predicted molar refractivity (Wildman–Crippen MR) is 96.3 cm³/mol. The minimum absolute atomic E-state index is 0.0164. The summed E-state index contributed by atoms with van der Waals surface area (Å²) in [4.78, 5) is 11.9. The Kier molecular flexibility index (Phi) is 10.4. The lowest BCUT2D eigenvalue weighted by Crippen LogP contribution is -2.60. The second-order valence-corrected chi connectivity index (χ2v) is 8.24. The minimum Gasteiger partial charge on any atom is -0.748 e. The number of amides is 1. The normalized spacial score (nSPS) is 13.5. The van der Waals surface area contributed by atoms with Crippen molar-refractivity contribution in [2.75, 3.05) is 25.5 Å². The fraction of sp³-hybridized carbons (Fsp3) is 0.824. The Morgan fingerprint density at radius 1 is 1.21 bits per heavy atom. The van der Waals surface area contributed by atoms with Crippen LogP contribution in [0, 0.1) is 0 Å². The Morgan fingerprint density at radius 2 is 1.71 bits per heavy atom. The number of carbonyl (C=O) groups is 1. The van der Waals surface area contributed by atoms with Gasteiger partial charge in [0.25, 0.3) is 5.91 Å². The lowest BCUT2D eigenvalue weighted by atomic mass is 10.1. The fourth-order valence-corrected chi connectivity index (χ4v) is 3.41. The Balaban J connectivity index is 5.28. The van der Waals surface area contributed by atoms with Gasteiger partial charge < -0.3 is 14.4 Å². The molecule has 0 radical (unpaired) electrons. The van der Waals surface area contributed by atoms with E-state index in [-0.39, 0.29) is 17.7 Å². The molecule has 0 saturated carbocycles. The zero-order valence-electron chi connectivity index (χ0n) is 15.6. The van der Waals surface area contributed by atoms with E-state index in [9.17, 15) is 17.8 Å². The molecule has 1 amide bonds. The number of carbonyl (C=O) groups excluding carboxylic acids is 1. The molecule has 1 unspecified atom stereocenters. The number of nitrogens with zero attached hydrogens (tertiary/aromatic N) is 1. The Labute approximate surface area is 147 Å². The Hall–Kier alpha value is -0.920. The van der Waals surface area contributed by atoms with Gasteiger partial charge >= 0.3 is 0 Å². The van der Waals surface area contributed by atoms with Gasteiger partial charge in [-0.15, -0.1) is 0 Å². The number of nitrogens with one attached hydrogen (secondary N) is 1. The van der Waals surface area contributed by atoms with Crippen LogP contribution >= 0.6 is 0 Å². The van der Waals surface area contributed by atoms with E-state index < -0.39 is 10.1 Å². The lowest BCUT2D eigenvalue weighted by molar-refractivity contribution is -0.951. The van der Waals surface area contributed by atoms with E-state index in [4.69, 9.17) is 0 Å². The first kappa shape index (κ1) is 23.1. The molecule has 0 aliphatic rings. The minimum atomic E-state index is -4.23. The van der Waals surface area contributed by atoms with E-state index >= 15 is 0 Å². The highest BCUT2D eigenvalue weighted by molar-refractivity contribution is 7.85. The lowest BCUT2D eigenvalue weighted by Gasteiger charge is -2.44. The van der Waals surface area contributed by atoms with E-state index in [2.05, 4.69) is 25.7 Å². The molecule has 0 rings (SSSR count). The average molecular weight is 363 g/mol. The number of rotatable bonds is 13. The third kappa shape index (κ3) is 8.80. The van der Waals surface area contributed by atoms with Gasteiger partial charge in [-0.2, -0.15) is 0 Å². The quantitative estimate of drug-likeness (QED) is 0.236. The van der Waals surface area contributed by atoms with Crippen molar-refractivity contribution in [3.05, 3.63) is 12.2 Å². The van der Waals surface area contributed by atoms with E-state index in [1.807, 2.05) is 6.92 Å². The van der Waals surface area contributed by atoms with Crippen LogP contribution in [0.4, 0.5) is 0 Å². The second kappa shape index (κ2) is 10.8. The summed E-state index contributed by atoms with van der Waals surface area (Å²) >= 11 is 0. The summed E-state index contributed by atoms with van der Waals surface area (Å²) in [6, 6.07) is -0.0164. The molecule has 0 aromatic rings. The Morgan fingerprint density at radius 3 is 2.08 bits per heavy atom. The predicted octanol–water partition coefficient (Wildman–Crippen LogP) is 2.38. The molecule has 1 N–H and O–H groups in total. The molecule has 0 aromatic heterocycles. The van der Waals surface area contributed by atoms with E-state index in [0.29, 0.717) is 23.1 Å². The van der Waals surface area contributed by atoms with Crippen molar-refractivity contribution in [2.45, 2.75) is 65.8 Å². The van der Waals surface area contributed by atoms with Gasteiger partial charge in [0.2, 0.25) is 0 Å². The topological polar surface area (TPSA) is 86.3 Å². The van der Waals surface area contributed by atoms with Gasteiger partial charge in [0, 0.05) is 17.7 Å². The van der Waals surface area contributed by atoms with Crippen LogP contribution in [0.25, 0.3) is 0 Å². The molecule has 0 aromatic carbocycles. The van der Waals surface area contributed by atoms with E-state index in [1.165, 1.54) is 0 Å². The van der Waals surface area contributed by atoms with Gasteiger partial charge in [-0.1, -0.05) is 33.3 Å². The van der Waals surface area contributed by atoms with Crippen LogP contribution in [0.1, 0.15) is 59.8 Å². The fourth-order valence-electron chi connectivity index (χ4n) is 2.78. The van der Waals surface area contributed by atoms with Crippen molar-refractivity contribution in [1.82, 2.24) is 5.32 Å². The summed E-state index contributed by atoms with van der Waals surface area (Å²) in [6.07, 6.45) is 4.32. The molecule has 0 aliphatic carbocycles. The smallest absolute Gasteiger partial charge is 0.250 e. The first-order chi connectivity index (χ1) is 11.1. The van der Waals surface area contributed by atoms with Gasteiger partial charge in [-0.3, -0.25) is 4.79 Å². The SMILES string of the molecule is C=C(C)C(=O)NC[N+](CCCC)(CCCC)C(C)CCS(=O)(=O)[O-]. The maximum atomic E-state index is 11.9. The summed E-state index contributed by atoms with van der Waals surface area (Å²) in [5.74, 6) is -0.546. The third-order valence-electron chi connectivity index (χ3n) is 4.58. The first-order valence-electron chi connectivity index (χ1n) is 8.81. The summed E-state index contributed by atoms with van der Waals surface area (Å²) in [7, 11) is -4.23. The monoisotopic (exact) mass is 362 g/mol. The molecule has 0 heterocycles. The first-order valence-corrected chi connectivity index (χ1v) is 10.4. The van der Waals surface area contributed by atoms with E-state index in [0.717, 1.165) is 38.8 Å². The van der Waals surface area contributed by atoms with E-state index in [1.54, 1.807) is 6.92 Å². The van der Waals surface area contributed by atoms with Gasteiger partial charge in [-0.05, 0) is 26.7 Å². The zero-order valence-corrected chi connectivity index (χ0v) is 16.5. The Bertz CT molecular complexity index is 495. The maximum absolute atomic E-state index is 11.9. The standard InChI is InChI=1S/C17H34N2O4S/c1-6-8-11-19(12-9-7-2,14-18-17(20)15(3)4)16(5)10-13-24(21,22)23/h16H,3,6-14H2,1-2,4-5H3,(H-,18,20,21,22,23). The van der Waals surface area contributed by atoms with Crippen molar-refractivity contribution in [3.63, 3.8) is 0 Å². The van der Waals surface area contributed by atoms with Crippen molar-refractivity contribution in [1.29, 1.82) is 0 Å². The molecule has 0 spiro atoms. The van der Waals surface area contributed by atoms with Crippen LogP contribution in [0.15, 0.2) is 12.2 Å². The van der Waals surface area contributed by atoms with Crippen LogP contribution < -0.4 is 5.32 Å². The number of quaternary nitrogens is 1. The third-order valence-corrected chi connectivity index (χ3v) is 5.31. The highest BCUT2D eigenvalue weighted by atomic mass is 32.2. The van der Waals surface area contributed by atoms with Crippen LogP contribution in [0.5, 0.6) is 0 Å². The molecular formula is C17H34N2O4S. The summed E-state index contributed by atoms with van der Waals surface area (Å²) in [5.41, 5.74) is 0.453. The zero-order chi connectivity index (χ0) is 18.8. The molecule has 6 nitrogen and oxygen atoms in total. The summed E-state index contributed by atoms with van der Waals surface area (Å²) in [5, 5.41) is 2.93. The van der Waals surface area contributed by atoms with Crippen LogP contribution in [0.3, 0.4) is 0 Å². The van der Waals surface area contributed by atoms with Crippen LogP contribution in [-0.4, -0.2) is 54.9 Å². The van der Waals surface area contributed by atoms with Gasteiger partial charge in [-0.25, -0.2) is 8.42 Å². The molecule has 142 valence electrons. The molecular weight excluding hydrogens is 328 g/mol. The molecule has 7 heteroatoms. The van der Waals surface area contributed by atoms with Crippen molar-refractivity contribution in [2.24, 2.45) is 0 Å². The largest absolute Gasteiger partial charge is 0.748 e. The van der Waals surface area contributed by atoms with Gasteiger partial charge in [0.15, 0.2) is 6.67 Å². The van der Waals surface area contributed by atoms with Gasteiger partial charge in [0.05, 0.1) is 29.2 Å². The average Bonchev–Trinajstić information content (AvgIpc) is 2.51. The number of hydrogen-bond donors (Lipinski definition) is 1.